The van der Waals surface area contributed by atoms with Gasteiger partial charge in [-0.2, -0.15) is 13.2 Å². The molecule has 9 heteroatoms. The number of alkyl halides is 3. The molecule has 1 heterocycles. The van der Waals surface area contributed by atoms with Crippen LogP contribution in [0.5, 0.6) is 11.5 Å². The quantitative estimate of drug-likeness (QED) is 0.836. The van der Waals surface area contributed by atoms with Gasteiger partial charge >= 0.3 is 6.18 Å². The molecule has 0 unspecified atom stereocenters. The highest BCUT2D eigenvalue weighted by molar-refractivity contribution is 5.38. The van der Waals surface area contributed by atoms with Crippen molar-refractivity contribution in [3.63, 3.8) is 0 Å². The molecule has 0 fully saturated rings. The van der Waals surface area contributed by atoms with Crippen molar-refractivity contribution in [3.8, 4) is 11.5 Å². The predicted octanol–water partition coefficient (Wildman–Crippen LogP) is 2.61. The number of halogens is 4. The lowest BCUT2D eigenvalue weighted by Gasteiger charge is -2.12. The number of aromatic amines is 1. The molecule has 112 valence electrons. The number of hydrogen-bond donors (Lipinski definition) is 2. The van der Waals surface area contributed by atoms with Gasteiger partial charge in [0.25, 0.3) is 5.56 Å². The van der Waals surface area contributed by atoms with Crippen molar-refractivity contribution in [2.75, 3.05) is 5.73 Å². The maximum Gasteiger partial charge on any atom is 0.437 e. The molecule has 0 bridgehead atoms. The highest BCUT2D eigenvalue weighted by atomic mass is 19.4. The van der Waals surface area contributed by atoms with Crippen molar-refractivity contribution < 1.29 is 22.3 Å². The van der Waals surface area contributed by atoms with E-state index in [2.05, 4.69) is 4.98 Å². The zero-order chi connectivity index (χ0) is 15.8. The Labute approximate surface area is 115 Å². The van der Waals surface area contributed by atoms with Crippen LogP contribution in [-0.2, 0) is 6.18 Å². The number of ether oxygens (including phenoxy) is 1. The van der Waals surface area contributed by atoms with Crippen molar-refractivity contribution in [1.29, 1.82) is 0 Å². The van der Waals surface area contributed by atoms with E-state index in [1.807, 2.05) is 4.98 Å². The van der Waals surface area contributed by atoms with E-state index < -0.39 is 34.9 Å². The van der Waals surface area contributed by atoms with E-state index >= 15 is 0 Å². The molecule has 5 nitrogen and oxygen atoms in total. The first-order valence-electron chi connectivity index (χ1n) is 5.59. The Hall–Kier alpha value is -2.58. The summed E-state index contributed by atoms with van der Waals surface area (Å²) < 4.78 is 56.5. The molecule has 0 aliphatic rings. The third kappa shape index (κ3) is 3.12. The standard InChI is InChI=1S/C12H9F4N3O2/c1-5-4-6(2-3-7(5)13)21-8-9(12(14,15)16)18-11(17)19-10(8)20/h2-4H,1H3,(H3,17,18,19,20). The number of H-pyrrole nitrogens is 1. The van der Waals surface area contributed by atoms with Crippen molar-refractivity contribution in [3.05, 3.63) is 45.6 Å². The van der Waals surface area contributed by atoms with Crippen molar-refractivity contribution in [2.45, 2.75) is 13.1 Å². The normalized spacial score (nSPS) is 11.5. The third-order valence-electron chi connectivity index (χ3n) is 2.51. The number of rotatable bonds is 2. The van der Waals surface area contributed by atoms with Crippen LogP contribution in [0, 0.1) is 12.7 Å². The van der Waals surface area contributed by atoms with Gasteiger partial charge in [0.1, 0.15) is 11.6 Å². The third-order valence-corrected chi connectivity index (χ3v) is 2.51. The monoisotopic (exact) mass is 303 g/mol. The molecule has 1 aromatic carbocycles. The van der Waals surface area contributed by atoms with Gasteiger partial charge in [0.2, 0.25) is 11.7 Å². The van der Waals surface area contributed by atoms with E-state index in [1.54, 1.807) is 0 Å². The molecule has 0 aliphatic heterocycles. The molecule has 0 atom stereocenters. The van der Waals surface area contributed by atoms with Gasteiger partial charge in [-0.15, -0.1) is 0 Å². The lowest BCUT2D eigenvalue weighted by molar-refractivity contribution is -0.142. The van der Waals surface area contributed by atoms with Crippen LogP contribution in [0.4, 0.5) is 23.5 Å². The molecule has 0 radical (unpaired) electrons. The lowest BCUT2D eigenvalue weighted by atomic mass is 10.2. The Balaban J connectivity index is 2.53. The van der Waals surface area contributed by atoms with E-state index in [4.69, 9.17) is 10.5 Å². The average Bonchev–Trinajstić information content (AvgIpc) is 2.35. The Morgan fingerprint density at radius 2 is 2.00 bits per heavy atom. The number of aryl methyl sites for hydroxylation is 1. The molecule has 0 spiro atoms. The highest BCUT2D eigenvalue weighted by Gasteiger charge is 2.38. The van der Waals surface area contributed by atoms with Crippen LogP contribution in [0.1, 0.15) is 11.3 Å². The van der Waals surface area contributed by atoms with E-state index in [1.165, 1.54) is 6.92 Å². The number of nitrogen functional groups attached to an aromatic ring is 1. The highest BCUT2D eigenvalue weighted by Crippen LogP contribution is 2.34. The number of anilines is 1. The Kier molecular flexibility index (Phi) is 3.58. The topological polar surface area (TPSA) is 81.0 Å². The van der Waals surface area contributed by atoms with Gasteiger partial charge in [0.05, 0.1) is 0 Å². The van der Waals surface area contributed by atoms with Crippen LogP contribution in [0.25, 0.3) is 0 Å². The molecule has 1 aromatic heterocycles. The first-order chi connectivity index (χ1) is 9.68. The number of nitrogens with zero attached hydrogens (tertiary/aromatic N) is 1. The van der Waals surface area contributed by atoms with Gasteiger partial charge in [0.15, 0.2) is 5.69 Å². The second kappa shape index (κ2) is 5.08. The summed E-state index contributed by atoms with van der Waals surface area (Å²) in [6.45, 7) is 1.40. The summed E-state index contributed by atoms with van der Waals surface area (Å²) in [6.07, 6.45) is -4.92. The molecular weight excluding hydrogens is 294 g/mol. The molecule has 2 aromatic rings. The molecule has 0 amide bonds. The minimum Gasteiger partial charge on any atom is -0.449 e. The fourth-order valence-corrected chi connectivity index (χ4v) is 1.57. The lowest BCUT2D eigenvalue weighted by Crippen LogP contribution is -2.21. The van der Waals surface area contributed by atoms with Gasteiger partial charge in [-0.3, -0.25) is 9.78 Å². The largest absolute Gasteiger partial charge is 0.449 e. The van der Waals surface area contributed by atoms with Crippen LogP contribution in [-0.4, -0.2) is 9.97 Å². The van der Waals surface area contributed by atoms with E-state index in [9.17, 15) is 22.4 Å². The summed E-state index contributed by atoms with van der Waals surface area (Å²) in [4.78, 5) is 16.5. The van der Waals surface area contributed by atoms with E-state index in [-0.39, 0.29) is 11.3 Å². The van der Waals surface area contributed by atoms with Gasteiger partial charge in [-0.1, -0.05) is 0 Å². The Morgan fingerprint density at radius 1 is 1.33 bits per heavy atom. The number of nitrogens with two attached hydrogens (primary N) is 1. The second-order valence-electron chi connectivity index (χ2n) is 4.14. The minimum absolute atomic E-state index is 0.128. The first-order valence-corrected chi connectivity index (χ1v) is 5.59. The van der Waals surface area contributed by atoms with Crippen LogP contribution in [0.3, 0.4) is 0 Å². The molecule has 21 heavy (non-hydrogen) atoms. The fourth-order valence-electron chi connectivity index (χ4n) is 1.57. The van der Waals surface area contributed by atoms with Gasteiger partial charge in [-0.25, -0.2) is 9.37 Å². The summed E-state index contributed by atoms with van der Waals surface area (Å²) >= 11 is 0. The number of aromatic nitrogens is 2. The predicted molar refractivity (Wildman–Crippen MR) is 65.5 cm³/mol. The second-order valence-corrected chi connectivity index (χ2v) is 4.14. The van der Waals surface area contributed by atoms with Crippen LogP contribution >= 0.6 is 0 Å². The Morgan fingerprint density at radius 3 is 2.57 bits per heavy atom. The van der Waals surface area contributed by atoms with Gasteiger partial charge in [0, 0.05) is 0 Å². The smallest absolute Gasteiger partial charge is 0.437 e. The molecule has 0 aliphatic carbocycles. The molecule has 3 N–H and O–H groups in total. The zero-order valence-corrected chi connectivity index (χ0v) is 10.6. The van der Waals surface area contributed by atoms with E-state index in [0.717, 1.165) is 18.2 Å². The van der Waals surface area contributed by atoms with Crippen molar-refractivity contribution >= 4 is 5.95 Å². The van der Waals surface area contributed by atoms with Crippen LogP contribution in [0.2, 0.25) is 0 Å². The summed E-state index contributed by atoms with van der Waals surface area (Å²) in [6, 6.07) is 3.26. The van der Waals surface area contributed by atoms with Gasteiger partial charge in [-0.05, 0) is 30.7 Å². The number of hydrogen-bond acceptors (Lipinski definition) is 4. The average molecular weight is 303 g/mol. The molecule has 0 saturated heterocycles. The molecule has 0 saturated carbocycles. The van der Waals surface area contributed by atoms with Crippen molar-refractivity contribution in [1.82, 2.24) is 9.97 Å². The molecule has 2 rings (SSSR count). The maximum absolute atomic E-state index is 13.1. The zero-order valence-electron chi connectivity index (χ0n) is 10.6. The summed E-state index contributed by atoms with van der Waals surface area (Å²) in [5.41, 5.74) is 2.51. The number of benzene rings is 1. The fraction of sp³-hybridized carbons (Fsp3) is 0.167. The number of nitrogens with one attached hydrogen (secondary N) is 1. The molecular formula is C12H9F4N3O2. The van der Waals surface area contributed by atoms with Crippen molar-refractivity contribution in [2.24, 2.45) is 0 Å². The van der Waals surface area contributed by atoms with E-state index in [0.29, 0.717) is 0 Å². The minimum atomic E-state index is -4.92. The summed E-state index contributed by atoms with van der Waals surface area (Å²) in [5.74, 6) is -2.42. The first kappa shape index (κ1) is 14.8. The summed E-state index contributed by atoms with van der Waals surface area (Å²) in [5, 5.41) is 0. The SMILES string of the molecule is Cc1cc(Oc2c(C(F)(F)F)nc(N)[nH]c2=O)ccc1F. The van der Waals surface area contributed by atoms with Crippen LogP contribution < -0.4 is 16.0 Å². The summed E-state index contributed by atoms with van der Waals surface area (Å²) in [7, 11) is 0. The van der Waals surface area contributed by atoms with Gasteiger partial charge < -0.3 is 10.5 Å². The maximum atomic E-state index is 13.1. The Bertz CT molecular complexity index is 740. The van der Waals surface area contributed by atoms with Crippen LogP contribution in [0.15, 0.2) is 23.0 Å².